The number of aliphatic hydroxyl groups is 3. The van der Waals surface area contributed by atoms with Gasteiger partial charge in [-0.2, -0.15) is 8.42 Å². The van der Waals surface area contributed by atoms with Gasteiger partial charge in [0.2, 0.25) is 0 Å². The van der Waals surface area contributed by atoms with Gasteiger partial charge in [-0.25, -0.2) is 4.18 Å². The number of allylic oxidation sites excluding steroid dienone is 8. The molecular formula is C54H98O12S. The van der Waals surface area contributed by atoms with Crippen LogP contribution in [0.3, 0.4) is 0 Å². The number of aliphatic hydroxyl groups excluding tert-OH is 3. The Balaban J connectivity index is 2.34. The van der Waals surface area contributed by atoms with Crippen LogP contribution in [-0.2, 0) is 38.3 Å². The predicted octanol–water partition coefficient (Wildman–Crippen LogP) is 12.7. The molecule has 1 heterocycles. The van der Waals surface area contributed by atoms with Gasteiger partial charge in [0.1, 0.15) is 30.5 Å². The Hall–Kier alpha value is -1.94. The van der Waals surface area contributed by atoms with E-state index in [1.165, 1.54) is 122 Å². The molecule has 0 aromatic rings. The van der Waals surface area contributed by atoms with Crippen LogP contribution in [0, 0.1) is 0 Å². The molecule has 1 aliphatic rings. The molecule has 0 saturated carbocycles. The van der Waals surface area contributed by atoms with Gasteiger partial charge in [0.05, 0.1) is 19.8 Å². The maximum Gasteiger partial charge on any atom is 0.397 e. The number of ether oxygens (including phenoxy) is 4. The first-order valence-corrected chi connectivity index (χ1v) is 28.3. The number of hydrogen-bond acceptors (Lipinski definition) is 11. The van der Waals surface area contributed by atoms with E-state index in [-0.39, 0.29) is 19.6 Å². The molecule has 67 heavy (non-hydrogen) atoms. The fraction of sp³-hybridized carbons (Fsp3) is 0.833. The molecular weight excluding hydrogens is 873 g/mol. The van der Waals surface area contributed by atoms with Crippen LogP contribution in [-0.4, -0.2) is 97.5 Å². The van der Waals surface area contributed by atoms with Crippen LogP contribution in [0.5, 0.6) is 0 Å². The summed E-state index contributed by atoms with van der Waals surface area (Å²) in [5.41, 5.74) is 0. The third-order valence-corrected chi connectivity index (χ3v) is 12.6. The molecule has 0 aromatic heterocycles. The maximum absolute atomic E-state index is 12.9. The number of carbonyl (C=O) groups excluding carboxylic acids is 1. The lowest BCUT2D eigenvalue weighted by atomic mass is 9.99. The average molecular weight is 971 g/mol. The number of rotatable bonds is 47. The standard InChI is InChI=1S/C54H98O12S/c1-3-5-7-9-11-13-15-17-19-21-22-23-24-25-26-27-28-30-32-34-36-38-40-42-44-62-46-48(47-63-54-52(58)53(66-67(59,60)61)51(57)49(45-55)65-54)64-50(56)43-41-39-37-35-33-31-29-20-18-16-14-12-10-8-6-4-2/h15,17,20-22,24-25,29,48-49,51-55,57-58H,3-14,16,18-19,23,26-28,30-47H2,1-2H3,(H,59,60,61)/b17-15-,22-21-,25-24-,29-20-. The summed E-state index contributed by atoms with van der Waals surface area (Å²) in [6.07, 6.45) is 47.1. The highest BCUT2D eigenvalue weighted by Crippen LogP contribution is 2.26. The van der Waals surface area contributed by atoms with Gasteiger partial charge in [0.15, 0.2) is 6.29 Å². The summed E-state index contributed by atoms with van der Waals surface area (Å²) in [6.45, 7) is 3.97. The molecule has 0 aliphatic carbocycles. The lowest BCUT2D eigenvalue weighted by Crippen LogP contribution is -2.60. The van der Waals surface area contributed by atoms with E-state index in [4.69, 9.17) is 18.9 Å². The zero-order valence-corrected chi connectivity index (χ0v) is 43.0. The van der Waals surface area contributed by atoms with Crippen molar-refractivity contribution in [1.82, 2.24) is 0 Å². The van der Waals surface area contributed by atoms with Crippen LogP contribution in [0.15, 0.2) is 48.6 Å². The normalized spacial score (nSPS) is 19.8. The molecule has 12 nitrogen and oxygen atoms in total. The van der Waals surface area contributed by atoms with Crippen molar-refractivity contribution in [2.24, 2.45) is 0 Å². The summed E-state index contributed by atoms with van der Waals surface area (Å²) < 4.78 is 59.3. The molecule has 1 rings (SSSR count). The van der Waals surface area contributed by atoms with Gasteiger partial charge in [-0.05, 0) is 77.0 Å². The Bertz CT molecular complexity index is 1350. The van der Waals surface area contributed by atoms with E-state index in [2.05, 4.69) is 66.6 Å². The molecule has 0 aromatic carbocycles. The summed E-state index contributed by atoms with van der Waals surface area (Å²) in [4.78, 5) is 12.9. The van der Waals surface area contributed by atoms with Crippen molar-refractivity contribution in [1.29, 1.82) is 0 Å². The fourth-order valence-electron chi connectivity index (χ4n) is 8.09. The Labute approximate surface area is 408 Å². The summed E-state index contributed by atoms with van der Waals surface area (Å²) in [5.74, 6) is -0.409. The van der Waals surface area contributed by atoms with Crippen LogP contribution < -0.4 is 0 Å². The van der Waals surface area contributed by atoms with Crippen molar-refractivity contribution < 1.29 is 56.2 Å². The van der Waals surface area contributed by atoms with Crippen LogP contribution >= 0.6 is 0 Å². The van der Waals surface area contributed by atoms with Crippen molar-refractivity contribution >= 4 is 16.4 Å². The van der Waals surface area contributed by atoms with E-state index < -0.39 is 59.8 Å². The second-order valence-corrected chi connectivity index (χ2v) is 19.5. The zero-order valence-electron chi connectivity index (χ0n) is 42.2. The second kappa shape index (κ2) is 45.2. The van der Waals surface area contributed by atoms with E-state index in [9.17, 15) is 33.1 Å². The van der Waals surface area contributed by atoms with Crippen LogP contribution in [0.4, 0.5) is 0 Å². The zero-order chi connectivity index (χ0) is 48.9. The first kappa shape index (κ1) is 63.1. The minimum Gasteiger partial charge on any atom is -0.457 e. The SMILES string of the molecule is CCCCCCC/C=C\C/C=C\C/C=C\CCCCCCCCCCCOCC(COC1OC(CO)C(O)C(OS(=O)(=O)O)C1O)OC(=O)CCCCCCC/C=C\CCCCCCCCC. The smallest absolute Gasteiger partial charge is 0.397 e. The van der Waals surface area contributed by atoms with E-state index in [0.717, 1.165) is 77.0 Å². The Morgan fingerprint density at radius 2 is 0.985 bits per heavy atom. The molecule has 4 N–H and O–H groups in total. The second-order valence-electron chi connectivity index (χ2n) is 18.5. The molecule has 0 radical (unpaired) electrons. The van der Waals surface area contributed by atoms with Gasteiger partial charge < -0.3 is 34.3 Å². The van der Waals surface area contributed by atoms with Gasteiger partial charge in [0, 0.05) is 13.0 Å². The van der Waals surface area contributed by atoms with Crippen molar-refractivity contribution in [3.8, 4) is 0 Å². The van der Waals surface area contributed by atoms with E-state index >= 15 is 0 Å². The third-order valence-electron chi connectivity index (χ3n) is 12.2. The molecule has 13 heteroatoms. The van der Waals surface area contributed by atoms with Crippen molar-refractivity contribution in [3.63, 3.8) is 0 Å². The molecule has 0 spiro atoms. The monoisotopic (exact) mass is 971 g/mol. The van der Waals surface area contributed by atoms with Gasteiger partial charge >= 0.3 is 16.4 Å². The molecule has 0 bridgehead atoms. The number of hydrogen-bond donors (Lipinski definition) is 4. The highest BCUT2D eigenvalue weighted by atomic mass is 32.3. The van der Waals surface area contributed by atoms with E-state index in [1.807, 2.05) is 0 Å². The van der Waals surface area contributed by atoms with Gasteiger partial charge in [-0.1, -0.05) is 191 Å². The quantitative estimate of drug-likeness (QED) is 0.0197. The highest BCUT2D eigenvalue weighted by molar-refractivity contribution is 7.80. The summed E-state index contributed by atoms with van der Waals surface area (Å²) in [6, 6.07) is 0. The van der Waals surface area contributed by atoms with E-state index in [0.29, 0.717) is 13.0 Å². The topological polar surface area (TPSA) is 178 Å². The predicted molar refractivity (Wildman–Crippen MR) is 271 cm³/mol. The number of carbonyl (C=O) groups is 1. The molecule has 392 valence electrons. The van der Waals surface area contributed by atoms with Crippen LogP contribution in [0.1, 0.15) is 226 Å². The number of unbranched alkanes of at least 4 members (excludes halogenated alkanes) is 26. The first-order valence-electron chi connectivity index (χ1n) is 26.9. The average Bonchev–Trinajstić information content (AvgIpc) is 3.30. The molecule has 1 aliphatic heterocycles. The minimum absolute atomic E-state index is 0.0286. The lowest BCUT2D eigenvalue weighted by molar-refractivity contribution is -0.301. The van der Waals surface area contributed by atoms with Crippen molar-refractivity contribution in [2.75, 3.05) is 26.4 Å². The minimum atomic E-state index is -5.07. The van der Waals surface area contributed by atoms with Gasteiger partial charge in [-0.15, -0.1) is 0 Å². The summed E-state index contributed by atoms with van der Waals surface area (Å²) in [5, 5.41) is 30.8. The number of esters is 1. The lowest BCUT2D eigenvalue weighted by Gasteiger charge is -2.41. The van der Waals surface area contributed by atoms with Gasteiger partial charge in [-0.3, -0.25) is 9.35 Å². The summed E-state index contributed by atoms with van der Waals surface area (Å²) in [7, 11) is -5.07. The summed E-state index contributed by atoms with van der Waals surface area (Å²) >= 11 is 0. The van der Waals surface area contributed by atoms with Crippen molar-refractivity contribution in [3.05, 3.63) is 48.6 Å². The maximum atomic E-state index is 12.9. The van der Waals surface area contributed by atoms with E-state index in [1.54, 1.807) is 0 Å². The molecule has 6 unspecified atom stereocenters. The highest BCUT2D eigenvalue weighted by Gasteiger charge is 2.48. The molecule has 1 saturated heterocycles. The third kappa shape index (κ3) is 38.5. The van der Waals surface area contributed by atoms with Crippen LogP contribution in [0.25, 0.3) is 0 Å². The Kier molecular flexibility index (Phi) is 42.6. The van der Waals surface area contributed by atoms with Gasteiger partial charge in [0.25, 0.3) is 0 Å². The fourth-order valence-corrected chi connectivity index (χ4v) is 8.60. The molecule has 6 atom stereocenters. The largest absolute Gasteiger partial charge is 0.457 e. The Morgan fingerprint density at radius 3 is 1.45 bits per heavy atom. The molecule has 1 fully saturated rings. The van der Waals surface area contributed by atoms with Crippen LogP contribution in [0.2, 0.25) is 0 Å². The Morgan fingerprint density at radius 1 is 0.567 bits per heavy atom. The molecule has 0 amide bonds. The van der Waals surface area contributed by atoms with Crippen molar-refractivity contribution in [2.45, 2.75) is 263 Å². The first-order chi connectivity index (χ1) is 32.6.